The van der Waals surface area contributed by atoms with Gasteiger partial charge in [0.05, 0.1) is 42.3 Å². The summed E-state index contributed by atoms with van der Waals surface area (Å²) in [5.41, 5.74) is 0. The quantitative estimate of drug-likeness (QED) is 0.432. The molecule has 0 saturated carbocycles. The number of nitrogens with zero attached hydrogens (tertiary/aromatic N) is 2. The maximum atomic E-state index is 11.6. The predicted octanol–water partition coefficient (Wildman–Crippen LogP) is 0.569. The maximum absolute atomic E-state index is 11.6. The molecule has 0 aromatic heterocycles. The van der Waals surface area contributed by atoms with Crippen LogP contribution in [-0.2, 0) is 19.1 Å². The third-order valence-corrected chi connectivity index (χ3v) is 3.90. The van der Waals surface area contributed by atoms with Crippen LogP contribution < -0.4 is 0 Å². The Bertz CT molecular complexity index is 418. The summed E-state index contributed by atoms with van der Waals surface area (Å²) in [6.07, 6.45) is 3.13. The number of quaternary nitrogens is 2. The molecule has 6 nitrogen and oxygen atoms in total. The van der Waals surface area contributed by atoms with Gasteiger partial charge in [0.2, 0.25) is 0 Å². The molecule has 0 saturated heterocycles. The molecule has 0 N–H and O–H groups in total. The van der Waals surface area contributed by atoms with Gasteiger partial charge in [-0.05, 0) is 12.2 Å². The average Bonchev–Trinajstić information content (AvgIpc) is 2.26. The highest BCUT2D eigenvalue weighted by molar-refractivity contribution is 5.67. The van der Waals surface area contributed by atoms with E-state index in [1.54, 1.807) is 0 Å². The van der Waals surface area contributed by atoms with Gasteiger partial charge in [-0.25, -0.2) is 0 Å². The molecule has 0 spiro atoms. The molecular formula is C16H30N2O4+2. The Balaban J connectivity index is 3.31. The lowest BCUT2D eigenvalue weighted by molar-refractivity contribution is -0.905. The Morgan fingerprint density at radius 2 is 1.00 bits per heavy atom. The van der Waals surface area contributed by atoms with Gasteiger partial charge in [0.25, 0.3) is 0 Å². The monoisotopic (exact) mass is 314 g/mol. The minimum Gasteiger partial charge on any atom is -0.452 e. The second-order valence-electron chi connectivity index (χ2n) is 7.75. The van der Waals surface area contributed by atoms with Crippen molar-refractivity contribution in [1.82, 2.24) is 0 Å². The van der Waals surface area contributed by atoms with Crippen LogP contribution in [0.1, 0.15) is 13.8 Å². The van der Waals surface area contributed by atoms with Crippen LogP contribution in [0.25, 0.3) is 0 Å². The van der Waals surface area contributed by atoms with Crippen molar-refractivity contribution >= 4 is 11.9 Å². The van der Waals surface area contributed by atoms with Gasteiger partial charge in [0, 0.05) is 13.8 Å². The van der Waals surface area contributed by atoms with Crippen LogP contribution in [0, 0.1) is 0 Å². The van der Waals surface area contributed by atoms with E-state index in [4.69, 9.17) is 9.47 Å². The standard InChI is InChI=1S/C16H30N2O4/c1-11(19)21-15-13(17(3,4)5)9-10-14(18(6,7)8)16(15)22-12(2)20/h9-10,13-16H,1-8H3/q+2/t13-,14+,15-,16-/m1/s1. The molecule has 0 aromatic carbocycles. The second-order valence-corrected chi connectivity index (χ2v) is 7.75. The number of esters is 2. The van der Waals surface area contributed by atoms with Crippen molar-refractivity contribution in [3.05, 3.63) is 12.2 Å². The van der Waals surface area contributed by atoms with E-state index in [0.29, 0.717) is 8.97 Å². The van der Waals surface area contributed by atoms with E-state index < -0.39 is 12.2 Å². The summed E-state index contributed by atoms with van der Waals surface area (Å²) in [6.45, 7) is 2.77. The minimum atomic E-state index is -0.506. The highest BCUT2D eigenvalue weighted by Gasteiger charge is 2.51. The second kappa shape index (κ2) is 6.38. The van der Waals surface area contributed by atoms with Crippen LogP contribution in [0.3, 0.4) is 0 Å². The Morgan fingerprint density at radius 3 is 1.18 bits per heavy atom. The van der Waals surface area contributed by atoms with Gasteiger partial charge >= 0.3 is 11.9 Å². The van der Waals surface area contributed by atoms with Crippen molar-refractivity contribution in [1.29, 1.82) is 0 Å². The molecule has 0 unspecified atom stereocenters. The molecule has 4 atom stereocenters. The van der Waals surface area contributed by atoms with E-state index >= 15 is 0 Å². The molecule has 0 aromatic rings. The smallest absolute Gasteiger partial charge is 0.303 e. The van der Waals surface area contributed by atoms with Gasteiger partial charge in [-0.2, -0.15) is 0 Å². The van der Waals surface area contributed by atoms with Gasteiger partial charge in [-0.15, -0.1) is 0 Å². The number of carbonyl (C=O) groups is 2. The SMILES string of the molecule is CC(=O)O[C@H]1[C@H](OC(C)=O)[C@@H]([N+](C)(C)C)C=C[C@H]1[N+](C)(C)C. The summed E-state index contributed by atoms with van der Waals surface area (Å²) >= 11 is 0. The molecular weight excluding hydrogens is 284 g/mol. The van der Waals surface area contributed by atoms with E-state index in [0.717, 1.165) is 0 Å². The highest BCUT2D eigenvalue weighted by atomic mass is 16.6. The summed E-state index contributed by atoms with van der Waals surface area (Å²) in [5, 5.41) is 0. The molecule has 0 amide bonds. The molecule has 0 heterocycles. The fourth-order valence-electron chi connectivity index (χ4n) is 2.89. The molecule has 0 fully saturated rings. The van der Waals surface area contributed by atoms with Gasteiger partial charge in [-0.1, -0.05) is 0 Å². The average molecular weight is 314 g/mol. The number of hydrogen-bond donors (Lipinski definition) is 0. The van der Waals surface area contributed by atoms with Crippen LogP contribution in [0.4, 0.5) is 0 Å². The lowest BCUT2D eigenvalue weighted by atomic mass is 9.88. The molecule has 0 aliphatic heterocycles. The molecule has 1 aliphatic rings. The maximum Gasteiger partial charge on any atom is 0.303 e. The Morgan fingerprint density at radius 1 is 0.727 bits per heavy atom. The van der Waals surface area contributed by atoms with Crippen molar-refractivity contribution < 1.29 is 28.0 Å². The number of hydrogen-bond acceptors (Lipinski definition) is 4. The van der Waals surface area contributed by atoms with Crippen molar-refractivity contribution in [2.75, 3.05) is 42.3 Å². The first-order valence-electron chi connectivity index (χ1n) is 7.49. The van der Waals surface area contributed by atoms with Gasteiger partial charge < -0.3 is 18.4 Å². The van der Waals surface area contributed by atoms with E-state index in [9.17, 15) is 9.59 Å². The largest absolute Gasteiger partial charge is 0.452 e. The topological polar surface area (TPSA) is 52.6 Å². The zero-order chi connectivity index (χ0) is 17.3. The van der Waals surface area contributed by atoms with Crippen LogP contribution >= 0.6 is 0 Å². The summed E-state index contributed by atoms with van der Waals surface area (Å²) < 4.78 is 12.3. The summed E-state index contributed by atoms with van der Waals surface area (Å²) in [4.78, 5) is 23.1. The molecule has 6 heteroatoms. The fourth-order valence-corrected chi connectivity index (χ4v) is 2.89. The van der Waals surface area contributed by atoms with E-state index in [-0.39, 0.29) is 24.0 Å². The van der Waals surface area contributed by atoms with E-state index in [2.05, 4.69) is 12.2 Å². The molecule has 126 valence electrons. The fraction of sp³-hybridized carbons (Fsp3) is 0.750. The highest BCUT2D eigenvalue weighted by Crippen LogP contribution is 2.29. The van der Waals surface area contributed by atoms with Crippen LogP contribution in [-0.4, -0.2) is 87.5 Å². The summed E-state index contributed by atoms with van der Waals surface area (Å²) in [6, 6.07) is -0.146. The lowest BCUT2D eigenvalue weighted by Crippen LogP contribution is -2.65. The summed E-state index contributed by atoms with van der Waals surface area (Å²) in [7, 11) is 12.2. The molecule has 0 radical (unpaired) electrons. The van der Waals surface area contributed by atoms with Crippen molar-refractivity contribution in [2.45, 2.75) is 38.1 Å². The normalized spacial score (nSPS) is 29.1. The van der Waals surface area contributed by atoms with Crippen molar-refractivity contribution in [3.8, 4) is 0 Å². The van der Waals surface area contributed by atoms with Gasteiger partial charge in [0.1, 0.15) is 12.1 Å². The zero-order valence-electron chi connectivity index (χ0n) is 15.0. The van der Waals surface area contributed by atoms with Gasteiger partial charge in [-0.3, -0.25) is 9.59 Å². The number of ether oxygens (including phenoxy) is 2. The molecule has 1 rings (SSSR count). The van der Waals surface area contributed by atoms with E-state index in [1.165, 1.54) is 13.8 Å². The first kappa shape index (κ1) is 18.6. The third-order valence-electron chi connectivity index (χ3n) is 3.90. The predicted molar refractivity (Wildman–Crippen MR) is 83.9 cm³/mol. The van der Waals surface area contributed by atoms with Crippen molar-refractivity contribution in [3.63, 3.8) is 0 Å². The third kappa shape index (κ3) is 4.55. The molecule has 22 heavy (non-hydrogen) atoms. The lowest BCUT2D eigenvalue weighted by Gasteiger charge is -2.46. The van der Waals surface area contributed by atoms with Gasteiger partial charge in [0.15, 0.2) is 12.2 Å². The minimum absolute atomic E-state index is 0.0731. The van der Waals surface area contributed by atoms with Crippen molar-refractivity contribution in [2.24, 2.45) is 0 Å². The van der Waals surface area contributed by atoms with Crippen LogP contribution in [0.15, 0.2) is 12.2 Å². The number of carbonyl (C=O) groups excluding carboxylic acids is 2. The molecule has 1 aliphatic carbocycles. The Kier molecular flexibility index (Phi) is 5.41. The Hall–Kier alpha value is -1.40. The Labute approximate surface area is 133 Å². The number of likely N-dealkylation sites (N-methyl/N-ethyl adjacent to an activating group) is 2. The number of rotatable bonds is 4. The van der Waals surface area contributed by atoms with E-state index in [1.807, 2.05) is 42.3 Å². The zero-order valence-corrected chi connectivity index (χ0v) is 15.0. The first-order valence-corrected chi connectivity index (χ1v) is 7.49. The summed E-state index contributed by atoms with van der Waals surface area (Å²) in [5.74, 6) is -0.730. The van der Waals surface area contributed by atoms with Crippen LogP contribution in [0.2, 0.25) is 0 Å². The first-order chi connectivity index (χ1) is 9.84. The molecule has 0 bridgehead atoms. The van der Waals surface area contributed by atoms with Crippen LogP contribution in [0.5, 0.6) is 0 Å².